The molecule has 2 saturated carbocycles. The minimum Gasteiger partial charge on any atom is -0.445 e. The van der Waals surface area contributed by atoms with E-state index < -0.39 is 0 Å². The molecule has 0 radical (unpaired) electrons. The van der Waals surface area contributed by atoms with E-state index in [9.17, 15) is 4.79 Å². The summed E-state index contributed by atoms with van der Waals surface area (Å²) in [6, 6.07) is 11.4. The fourth-order valence-electron chi connectivity index (χ4n) is 3.28. The largest absolute Gasteiger partial charge is 0.445 e. The summed E-state index contributed by atoms with van der Waals surface area (Å²) in [5.41, 5.74) is 1.01. The molecule has 2 fully saturated rings. The molecule has 3 rings (SSSR count). The van der Waals surface area contributed by atoms with E-state index >= 15 is 0 Å². The molecule has 24 heavy (non-hydrogen) atoms. The number of amides is 1. The van der Waals surface area contributed by atoms with Gasteiger partial charge in [0.15, 0.2) is 0 Å². The molecule has 5 heteroatoms. The van der Waals surface area contributed by atoms with Crippen LogP contribution in [-0.2, 0) is 11.3 Å². The van der Waals surface area contributed by atoms with Gasteiger partial charge in [-0.25, -0.2) is 4.79 Å². The smallest absolute Gasteiger partial charge is 0.407 e. The van der Waals surface area contributed by atoms with Crippen LogP contribution in [0.15, 0.2) is 30.3 Å². The van der Waals surface area contributed by atoms with Crippen molar-refractivity contribution in [2.75, 3.05) is 19.6 Å². The van der Waals surface area contributed by atoms with E-state index in [2.05, 4.69) is 22.5 Å². The lowest BCUT2D eigenvalue weighted by atomic mass is 9.87. The predicted molar refractivity (Wildman–Crippen MR) is 94.8 cm³/mol. The molecule has 0 bridgehead atoms. The van der Waals surface area contributed by atoms with Crippen molar-refractivity contribution >= 4 is 6.09 Å². The van der Waals surface area contributed by atoms with E-state index in [0.717, 1.165) is 44.1 Å². The second-order valence-corrected chi connectivity index (χ2v) is 6.89. The highest BCUT2D eigenvalue weighted by atomic mass is 16.5. The van der Waals surface area contributed by atoms with Gasteiger partial charge in [0.05, 0.1) is 0 Å². The highest BCUT2D eigenvalue weighted by molar-refractivity contribution is 5.67. The van der Waals surface area contributed by atoms with E-state index in [-0.39, 0.29) is 12.1 Å². The second kappa shape index (κ2) is 8.49. The molecule has 0 aliphatic heterocycles. The number of ether oxygens (including phenoxy) is 1. The highest BCUT2D eigenvalue weighted by Gasteiger charge is 2.31. The van der Waals surface area contributed by atoms with Gasteiger partial charge < -0.3 is 15.4 Å². The van der Waals surface area contributed by atoms with Gasteiger partial charge in [-0.1, -0.05) is 37.3 Å². The number of carbonyl (C=O) groups excluding carboxylic acids is 1. The molecule has 132 valence electrons. The zero-order valence-corrected chi connectivity index (χ0v) is 14.5. The molecule has 0 unspecified atom stereocenters. The predicted octanol–water partition coefficient (Wildman–Crippen LogP) is 2.52. The second-order valence-electron chi connectivity index (χ2n) is 6.89. The number of hydrogen-bond donors (Lipinski definition) is 2. The van der Waals surface area contributed by atoms with Gasteiger partial charge in [0.1, 0.15) is 6.61 Å². The minimum absolute atomic E-state index is 0.247. The third-order valence-electron chi connectivity index (χ3n) is 4.97. The summed E-state index contributed by atoms with van der Waals surface area (Å²) in [5, 5.41) is 6.54. The Morgan fingerprint density at radius 2 is 1.96 bits per heavy atom. The van der Waals surface area contributed by atoms with E-state index in [4.69, 9.17) is 4.74 Å². The lowest BCUT2D eigenvalue weighted by Gasteiger charge is -2.36. The van der Waals surface area contributed by atoms with Gasteiger partial charge >= 0.3 is 6.09 Å². The van der Waals surface area contributed by atoms with Crippen LogP contribution in [0.4, 0.5) is 4.79 Å². The fraction of sp³-hybridized carbons (Fsp3) is 0.632. The normalized spacial score (nSPS) is 22.9. The first-order valence-corrected chi connectivity index (χ1v) is 9.19. The van der Waals surface area contributed by atoms with Crippen LogP contribution in [0.2, 0.25) is 0 Å². The zero-order chi connectivity index (χ0) is 16.8. The van der Waals surface area contributed by atoms with Crippen LogP contribution in [0, 0.1) is 0 Å². The van der Waals surface area contributed by atoms with Gasteiger partial charge in [0, 0.05) is 31.2 Å². The molecule has 1 aromatic rings. The first kappa shape index (κ1) is 17.2. The summed E-state index contributed by atoms with van der Waals surface area (Å²) in [5.74, 6) is 0. The SMILES string of the molecule is CCN(CCNC1CC(NC(=O)OCc2ccccc2)C1)C1CC1. The Hall–Kier alpha value is -1.59. The minimum atomic E-state index is -0.312. The van der Waals surface area contributed by atoms with Crippen molar-refractivity contribution in [3.63, 3.8) is 0 Å². The van der Waals surface area contributed by atoms with E-state index in [1.807, 2.05) is 30.3 Å². The van der Waals surface area contributed by atoms with Crippen molar-refractivity contribution < 1.29 is 9.53 Å². The average molecular weight is 331 g/mol. The molecule has 2 N–H and O–H groups in total. The number of hydrogen-bond acceptors (Lipinski definition) is 4. The topological polar surface area (TPSA) is 53.6 Å². The third-order valence-corrected chi connectivity index (χ3v) is 4.97. The molecule has 0 spiro atoms. The summed E-state index contributed by atoms with van der Waals surface area (Å²) in [6.45, 7) is 5.89. The van der Waals surface area contributed by atoms with Crippen molar-refractivity contribution in [2.45, 2.75) is 57.3 Å². The quantitative estimate of drug-likeness (QED) is 0.730. The summed E-state index contributed by atoms with van der Waals surface area (Å²) in [4.78, 5) is 14.3. The zero-order valence-electron chi connectivity index (χ0n) is 14.5. The van der Waals surface area contributed by atoms with Crippen molar-refractivity contribution in [3.8, 4) is 0 Å². The summed E-state index contributed by atoms with van der Waals surface area (Å²) in [6.07, 6.45) is 4.42. The van der Waals surface area contributed by atoms with Crippen LogP contribution in [0.5, 0.6) is 0 Å². The molecule has 5 nitrogen and oxygen atoms in total. The Morgan fingerprint density at radius 1 is 1.21 bits per heavy atom. The van der Waals surface area contributed by atoms with E-state index in [0.29, 0.717) is 12.6 Å². The lowest BCUT2D eigenvalue weighted by Crippen LogP contribution is -2.53. The maximum absolute atomic E-state index is 11.8. The average Bonchev–Trinajstić information content (AvgIpc) is 3.40. The molecule has 1 aromatic carbocycles. The number of benzene rings is 1. The van der Waals surface area contributed by atoms with Crippen LogP contribution >= 0.6 is 0 Å². The van der Waals surface area contributed by atoms with Crippen LogP contribution in [0.1, 0.15) is 38.2 Å². The van der Waals surface area contributed by atoms with Gasteiger partial charge in [0.25, 0.3) is 0 Å². The summed E-state index contributed by atoms with van der Waals surface area (Å²) < 4.78 is 5.25. The van der Waals surface area contributed by atoms with Gasteiger partial charge in [-0.2, -0.15) is 0 Å². The molecule has 0 atom stereocenters. The highest BCUT2D eigenvalue weighted by Crippen LogP contribution is 2.26. The number of nitrogens with one attached hydrogen (secondary N) is 2. The third kappa shape index (κ3) is 5.21. The van der Waals surface area contributed by atoms with Crippen molar-refractivity contribution in [1.82, 2.24) is 15.5 Å². The fourth-order valence-corrected chi connectivity index (χ4v) is 3.28. The Morgan fingerprint density at radius 3 is 2.62 bits per heavy atom. The van der Waals surface area contributed by atoms with Gasteiger partial charge in [-0.15, -0.1) is 0 Å². The van der Waals surface area contributed by atoms with Crippen LogP contribution in [0.3, 0.4) is 0 Å². The van der Waals surface area contributed by atoms with Crippen LogP contribution in [-0.4, -0.2) is 48.8 Å². The molecule has 0 saturated heterocycles. The molecule has 1 amide bonds. The van der Waals surface area contributed by atoms with Gasteiger partial charge in [-0.05, 0) is 37.8 Å². The van der Waals surface area contributed by atoms with Crippen LogP contribution in [0.25, 0.3) is 0 Å². The van der Waals surface area contributed by atoms with E-state index in [1.165, 1.54) is 12.8 Å². The Bertz CT molecular complexity index is 513. The molecule has 0 heterocycles. The Kier molecular flexibility index (Phi) is 6.10. The number of rotatable bonds is 9. The number of carbonyl (C=O) groups is 1. The van der Waals surface area contributed by atoms with Crippen molar-refractivity contribution in [1.29, 1.82) is 0 Å². The molecule has 2 aliphatic rings. The molecule has 2 aliphatic carbocycles. The maximum atomic E-state index is 11.8. The summed E-state index contributed by atoms with van der Waals surface area (Å²) in [7, 11) is 0. The van der Waals surface area contributed by atoms with Crippen LogP contribution < -0.4 is 10.6 Å². The van der Waals surface area contributed by atoms with Gasteiger partial charge in [0.2, 0.25) is 0 Å². The van der Waals surface area contributed by atoms with Gasteiger partial charge in [-0.3, -0.25) is 4.90 Å². The Balaban J connectivity index is 1.23. The summed E-state index contributed by atoms with van der Waals surface area (Å²) >= 11 is 0. The first-order valence-electron chi connectivity index (χ1n) is 9.19. The monoisotopic (exact) mass is 331 g/mol. The standard InChI is InChI=1S/C19H29N3O2/c1-2-22(18-8-9-18)11-10-20-16-12-17(13-16)21-19(23)24-14-15-6-4-3-5-7-15/h3-7,16-18,20H,2,8-14H2,1H3,(H,21,23). The molecule has 0 aromatic heterocycles. The lowest BCUT2D eigenvalue weighted by molar-refractivity contribution is 0.125. The number of nitrogens with zero attached hydrogens (tertiary/aromatic N) is 1. The van der Waals surface area contributed by atoms with Crippen molar-refractivity contribution in [3.05, 3.63) is 35.9 Å². The Labute approximate surface area is 144 Å². The number of likely N-dealkylation sites (N-methyl/N-ethyl adjacent to an activating group) is 1. The first-order chi connectivity index (χ1) is 11.7. The number of alkyl carbamates (subject to hydrolysis) is 1. The van der Waals surface area contributed by atoms with Crippen molar-refractivity contribution in [2.24, 2.45) is 0 Å². The van der Waals surface area contributed by atoms with E-state index in [1.54, 1.807) is 0 Å². The molecular weight excluding hydrogens is 302 g/mol. The molecular formula is C19H29N3O2. The maximum Gasteiger partial charge on any atom is 0.407 e.